The zero-order valence-electron chi connectivity index (χ0n) is 8.37. The predicted octanol–water partition coefficient (Wildman–Crippen LogP) is 2.08. The molecule has 3 heteroatoms. The Hall–Kier alpha value is 0.0100. The van der Waals surface area contributed by atoms with Crippen LogP contribution in [0.1, 0.15) is 19.8 Å². The van der Waals surface area contributed by atoms with Crippen LogP contribution in [0, 0.1) is 0 Å². The Kier molecular flexibility index (Phi) is 10.1. The third-order valence-corrected chi connectivity index (χ3v) is 2.70. The van der Waals surface area contributed by atoms with Crippen LogP contribution in [0.25, 0.3) is 0 Å². The van der Waals surface area contributed by atoms with Gasteiger partial charge in [0.25, 0.3) is 0 Å². The van der Waals surface area contributed by atoms with E-state index in [2.05, 4.69) is 13.5 Å². The van der Waals surface area contributed by atoms with Crippen LogP contribution < -0.4 is 0 Å². The topological polar surface area (TPSA) is 29.5 Å². The molecular formula is C10H20O2S. The molecule has 0 aromatic carbocycles. The minimum atomic E-state index is -0.332. The van der Waals surface area contributed by atoms with Gasteiger partial charge in [-0.1, -0.05) is 19.4 Å². The molecule has 0 saturated heterocycles. The Morgan fingerprint density at radius 3 is 3.00 bits per heavy atom. The number of hydrogen-bond acceptors (Lipinski definition) is 3. The minimum absolute atomic E-state index is 0.332. The molecule has 0 aliphatic rings. The first kappa shape index (κ1) is 13.0. The lowest BCUT2D eigenvalue weighted by atomic mass is 10.4. The summed E-state index contributed by atoms with van der Waals surface area (Å²) in [5.41, 5.74) is 0. The Morgan fingerprint density at radius 2 is 2.38 bits per heavy atom. The second kappa shape index (κ2) is 10.1. The number of unbranched alkanes of at least 4 members (excludes halogenated alkanes) is 1. The first-order valence-corrected chi connectivity index (χ1v) is 5.91. The summed E-state index contributed by atoms with van der Waals surface area (Å²) in [6.45, 7) is 6.65. The summed E-state index contributed by atoms with van der Waals surface area (Å²) in [7, 11) is 0. The van der Waals surface area contributed by atoms with Crippen molar-refractivity contribution in [2.24, 2.45) is 0 Å². The molecule has 1 N–H and O–H groups in total. The van der Waals surface area contributed by atoms with Crippen LogP contribution in [0.4, 0.5) is 0 Å². The Balaban J connectivity index is 3.09. The monoisotopic (exact) mass is 204 g/mol. The fourth-order valence-electron chi connectivity index (χ4n) is 0.801. The van der Waals surface area contributed by atoms with Crippen molar-refractivity contribution < 1.29 is 9.84 Å². The molecule has 2 nitrogen and oxygen atoms in total. The van der Waals surface area contributed by atoms with Crippen molar-refractivity contribution in [1.82, 2.24) is 0 Å². The van der Waals surface area contributed by atoms with Gasteiger partial charge in [0, 0.05) is 5.75 Å². The molecule has 0 aromatic heterocycles. The first-order valence-electron chi connectivity index (χ1n) is 4.75. The molecular weight excluding hydrogens is 184 g/mol. The number of aliphatic hydroxyl groups excluding tert-OH is 1. The quantitative estimate of drug-likeness (QED) is 0.460. The second-order valence-electron chi connectivity index (χ2n) is 2.91. The third kappa shape index (κ3) is 9.93. The zero-order chi connectivity index (χ0) is 9.94. The van der Waals surface area contributed by atoms with Gasteiger partial charge in [0.1, 0.15) is 0 Å². The van der Waals surface area contributed by atoms with Crippen LogP contribution in [-0.2, 0) is 4.74 Å². The maximum absolute atomic E-state index is 9.40. The van der Waals surface area contributed by atoms with E-state index in [1.807, 2.05) is 0 Å². The van der Waals surface area contributed by atoms with E-state index in [-0.39, 0.29) is 6.10 Å². The van der Waals surface area contributed by atoms with E-state index in [1.54, 1.807) is 17.8 Å². The number of aliphatic hydroxyl groups is 1. The Bertz CT molecular complexity index is 117. The highest BCUT2D eigenvalue weighted by Crippen LogP contribution is 2.06. The fraction of sp³-hybridized carbons (Fsp3) is 0.800. The molecule has 1 atom stereocenters. The normalized spacial score (nSPS) is 12.8. The smallest absolute Gasteiger partial charge is 0.0863 e. The van der Waals surface area contributed by atoms with Crippen molar-refractivity contribution in [2.75, 3.05) is 24.7 Å². The number of ether oxygens (including phenoxy) is 1. The molecule has 13 heavy (non-hydrogen) atoms. The zero-order valence-corrected chi connectivity index (χ0v) is 9.18. The molecule has 0 amide bonds. The van der Waals surface area contributed by atoms with Gasteiger partial charge in [-0.2, -0.15) is 11.8 Å². The van der Waals surface area contributed by atoms with Crippen LogP contribution >= 0.6 is 11.8 Å². The van der Waals surface area contributed by atoms with Gasteiger partial charge in [0.15, 0.2) is 0 Å². The van der Waals surface area contributed by atoms with Gasteiger partial charge in [-0.3, -0.25) is 0 Å². The van der Waals surface area contributed by atoms with Gasteiger partial charge in [0.2, 0.25) is 0 Å². The van der Waals surface area contributed by atoms with Crippen LogP contribution in [-0.4, -0.2) is 35.9 Å². The highest BCUT2D eigenvalue weighted by atomic mass is 32.2. The average molecular weight is 204 g/mol. The van der Waals surface area contributed by atoms with Crippen molar-refractivity contribution in [3.63, 3.8) is 0 Å². The van der Waals surface area contributed by atoms with Crippen LogP contribution in [0.3, 0.4) is 0 Å². The molecule has 0 radical (unpaired) electrons. The highest BCUT2D eigenvalue weighted by Gasteiger charge is 2.02. The van der Waals surface area contributed by atoms with E-state index in [0.29, 0.717) is 13.2 Å². The summed E-state index contributed by atoms with van der Waals surface area (Å²) in [6.07, 6.45) is 3.81. The van der Waals surface area contributed by atoms with E-state index in [0.717, 1.165) is 11.5 Å². The van der Waals surface area contributed by atoms with Crippen molar-refractivity contribution in [1.29, 1.82) is 0 Å². The second-order valence-corrected chi connectivity index (χ2v) is 4.06. The summed E-state index contributed by atoms with van der Waals surface area (Å²) < 4.78 is 5.12. The Morgan fingerprint density at radius 1 is 1.62 bits per heavy atom. The lowest BCUT2D eigenvalue weighted by Gasteiger charge is -2.09. The van der Waals surface area contributed by atoms with E-state index in [4.69, 9.17) is 4.74 Å². The van der Waals surface area contributed by atoms with E-state index in [1.165, 1.54) is 12.8 Å². The van der Waals surface area contributed by atoms with Crippen molar-refractivity contribution >= 4 is 11.8 Å². The lowest BCUT2D eigenvalue weighted by molar-refractivity contribution is 0.0625. The molecule has 0 heterocycles. The average Bonchev–Trinajstić information content (AvgIpc) is 2.13. The maximum atomic E-state index is 9.40. The molecule has 0 aromatic rings. The highest BCUT2D eigenvalue weighted by molar-refractivity contribution is 7.99. The van der Waals surface area contributed by atoms with Gasteiger partial charge >= 0.3 is 0 Å². The lowest BCUT2D eigenvalue weighted by Crippen LogP contribution is -2.18. The van der Waals surface area contributed by atoms with Crippen molar-refractivity contribution in [3.8, 4) is 0 Å². The fourth-order valence-corrected chi connectivity index (χ4v) is 1.83. The molecule has 78 valence electrons. The molecule has 0 fully saturated rings. The van der Waals surface area contributed by atoms with E-state index >= 15 is 0 Å². The van der Waals surface area contributed by atoms with E-state index in [9.17, 15) is 5.11 Å². The van der Waals surface area contributed by atoms with Gasteiger partial charge in [0.05, 0.1) is 19.3 Å². The molecule has 0 rings (SSSR count). The molecule has 0 saturated carbocycles. The molecule has 0 bridgehead atoms. The van der Waals surface area contributed by atoms with Gasteiger partial charge in [-0.05, 0) is 12.2 Å². The maximum Gasteiger partial charge on any atom is 0.0863 e. The van der Waals surface area contributed by atoms with Gasteiger partial charge in [-0.15, -0.1) is 6.58 Å². The SMILES string of the molecule is C=CCOCC(O)CSCCCC. The number of thioether (sulfide) groups is 1. The summed E-state index contributed by atoms with van der Waals surface area (Å²) in [6, 6.07) is 0. The van der Waals surface area contributed by atoms with Crippen LogP contribution in [0.2, 0.25) is 0 Å². The molecule has 0 aliphatic heterocycles. The summed E-state index contributed by atoms with van der Waals surface area (Å²) in [4.78, 5) is 0. The minimum Gasteiger partial charge on any atom is -0.390 e. The van der Waals surface area contributed by atoms with Gasteiger partial charge < -0.3 is 9.84 Å². The molecule has 0 aliphatic carbocycles. The predicted molar refractivity (Wildman–Crippen MR) is 59.3 cm³/mol. The van der Waals surface area contributed by atoms with Crippen molar-refractivity contribution in [2.45, 2.75) is 25.9 Å². The first-order chi connectivity index (χ1) is 6.31. The third-order valence-electron chi connectivity index (χ3n) is 1.50. The largest absolute Gasteiger partial charge is 0.390 e. The molecule has 0 spiro atoms. The van der Waals surface area contributed by atoms with Crippen LogP contribution in [0.5, 0.6) is 0 Å². The summed E-state index contributed by atoms with van der Waals surface area (Å²) >= 11 is 1.79. The van der Waals surface area contributed by atoms with E-state index < -0.39 is 0 Å². The van der Waals surface area contributed by atoms with Crippen LogP contribution in [0.15, 0.2) is 12.7 Å². The number of rotatable bonds is 9. The van der Waals surface area contributed by atoms with Gasteiger partial charge in [-0.25, -0.2) is 0 Å². The number of hydrogen-bond donors (Lipinski definition) is 1. The summed E-state index contributed by atoms with van der Waals surface area (Å²) in [5, 5.41) is 9.40. The standard InChI is InChI=1S/C10H20O2S/c1-3-5-7-13-9-10(11)8-12-6-4-2/h4,10-11H,2-3,5-9H2,1H3. The summed E-state index contributed by atoms with van der Waals surface area (Å²) in [5.74, 6) is 1.91. The molecule has 1 unspecified atom stereocenters. The Labute approximate surface area is 85.4 Å². The van der Waals surface area contributed by atoms with Crippen molar-refractivity contribution in [3.05, 3.63) is 12.7 Å².